The van der Waals surface area contributed by atoms with Crippen molar-refractivity contribution < 1.29 is 13.2 Å². The lowest BCUT2D eigenvalue weighted by Crippen LogP contribution is -2.45. The molecule has 1 aliphatic carbocycles. The molecule has 0 N–H and O–H groups in total. The van der Waals surface area contributed by atoms with Crippen molar-refractivity contribution in [1.29, 1.82) is 0 Å². The quantitative estimate of drug-likeness (QED) is 0.834. The molecule has 1 fully saturated rings. The molecule has 22 heavy (non-hydrogen) atoms. The molecule has 5 nitrogen and oxygen atoms in total. The second kappa shape index (κ2) is 7.13. The van der Waals surface area contributed by atoms with Gasteiger partial charge in [-0.25, -0.2) is 8.42 Å². The van der Waals surface area contributed by atoms with E-state index in [1.54, 1.807) is 36.2 Å². The van der Waals surface area contributed by atoms with Crippen molar-refractivity contribution in [2.45, 2.75) is 38.1 Å². The minimum absolute atomic E-state index is 0.143. The summed E-state index contributed by atoms with van der Waals surface area (Å²) in [6.45, 7) is -0.143. The van der Waals surface area contributed by atoms with Crippen LogP contribution in [0.4, 0.5) is 5.69 Å². The third-order valence-electron chi connectivity index (χ3n) is 4.24. The van der Waals surface area contributed by atoms with Gasteiger partial charge in [0.25, 0.3) is 0 Å². The van der Waals surface area contributed by atoms with Crippen molar-refractivity contribution in [2.75, 3.05) is 24.2 Å². The molecular formula is C16H24N2O3S. The molecule has 1 saturated carbocycles. The molecule has 0 aromatic heterocycles. The molecule has 0 bridgehead atoms. The summed E-state index contributed by atoms with van der Waals surface area (Å²) < 4.78 is 25.2. The minimum atomic E-state index is -3.49. The number of amides is 1. The minimum Gasteiger partial charge on any atom is -0.341 e. The number of nitrogens with zero attached hydrogens (tertiary/aromatic N) is 2. The Morgan fingerprint density at radius 3 is 2.27 bits per heavy atom. The van der Waals surface area contributed by atoms with E-state index in [9.17, 15) is 13.2 Å². The Morgan fingerprint density at radius 2 is 1.73 bits per heavy atom. The van der Waals surface area contributed by atoms with Crippen LogP contribution in [-0.4, -0.2) is 45.1 Å². The largest absolute Gasteiger partial charge is 0.341 e. The molecule has 0 saturated heterocycles. The highest BCUT2D eigenvalue weighted by molar-refractivity contribution is 7.92. The number of para-hydroxylation sites is 1. The maximum atomic E-state index is 12.5. The molecular weight excluding hydrogens is 300 g/mol. The van der Waals surface area contributed by atoms with E-state index in [1.165, 1.54) is 10.7 Å². The van der Waals surface area contributed by atoms with Crippen molar-refractivity contribution in [3.8, 4) is 0 Å². The van der Waals surface area contributed by atoms with E-state index < -0.39 is 10.0 Å². The van der Waals surface area contributed by atoms with Gasteiger partial charge in [-0.05, 0) is 25.0 Å². The van der Waals surface area contributed by atoms with Gasteiger partial charge in [-0.1, -0.05) is 37.5 Å². The van der Waals surface area contributed by atoms with Crippen LogP contribution in [0.25, 0.3) is 0 Å². The highest BCUT2D eigenvalue weighted by Crippen LogP contribution is 2.23. The molecule has 1 aromatic rings. The van der Waals surface area contributed by atoms with E-state index >= 15 is 0 Å². The fourth-order valence-electron chi connectivity index (χ4n) is 2.90. The number of likely N-dealkylation sites (N-methyl/N-ethyl adjacent to an activating group) is 1. The summed E-state index contributed by atoms with van der Waals surface area (Å²) in [6, 6.07) is 8.99. The standard InChI is InChI=1S/C16H24N2O3S/c1-17(14-9-5-3-6-10-14)16(19)13-18(22(2,20)21)15-11-7-4-8-12-15/h4,7-8,11-12,14H,3,5-6,9-10,13H2,1-2H3. The lowest BCUT2D eigenvalue weighted by atomic mass is 9.94. The first-order valence-corrected chi connectivity index (χ1v) is 9.53. The Bertz CT molecular complexity index is 595. The highest BCUT2D eigenvalue weighted by atomic mass is 32.2. The first kappa shape index (κ1) is 16.8. The number of sulfonamides is 1. The predicted octanol–water partition coefficient (Wildman–Crippen LogP) is 2.24. The topological polar surface area (TPSA) is 57.7 Å². The van der Waals surface area contributed by atoms with E-state index in [1.807, 2.05) is 6.07 Å². The summed E-state index contributed by atoms with van der Waals surface area (Å²) in [5.74, 6) is -0.152. The smallest absolute Gasteiger partial charge is 0.243 e. The molecule has 1 aliphatic rings. The highest BCUT2D eigenvalue weighted by Gasteiger charge is 2.26. The van der Waals surface area contributed by atoms with Gasteiger partial charge >= 0.3 is 0 Å². The van der Waals surface area contributed by atoms with Crippen molar-refractivity contribution in [3.05, 3.63) is 30.3 Å². The van der Waals surface area contributed by atoms with Gasteiger partial charge in [0.15, 0.2) is 0 Å². The fourth-order valence-corrected chi connectivity index (χ4v) is 3.75. The van der Waals surface area contributed by atoms with E-state index in [-0.39, 0.29) is 18.5 Å². The predicted molar refractivity (Wildman–Crippen MR) is 88.3 cm³/mol. The van der Waals surface area contributed by atoms with E-state index in [2.05, 4.69) is 0 Å². The number of carbonyl (C=O) groups excluding carboxylic acids is 1. The van der Waals surface area contributed by atoms with Crippen LogP contribution >= 0.6 is 0 Å². The zero-order chi connectivity index (χ0) is 16.2. The van der Waals surface area contributed by atoms with Crippen molar-refractivity contribution in [2.24, 2.45) is 0 Å². The number of hydrogen-bond acceptors (Lipinski definition) is 3. The maximum Gasteiger partial charge on any atom is 0.243 e. The molecule has 2 rings (SSSR count). The zero-order valence-electron chi connectivity index (χ0n) is 13.2. The monoisotopic (exact) mass is 324 g/mol. The van der Waals surface area contributed by atoms with Crippen LogP contribution in [0.15, 0.2) is 30.3 Å². The van der Waals surface area contributed by atoms with Crippen LogP contribution in [0.3, 0.4) is 0 Å². The zero-order valence-corrected chi connectivity index (χ0v) is 14.1. The van der Waals surface area contributed by atoms with E-state index in [4.69, 9.17) is 0 Å². The number of anilines is 1. The normalized spacial score (nSPS) is 16.3. The molecule has 0 heterocycles. The first-order valence-electron chi connectivity index (χ1n) is 7.68. The number of hydrogen-bond donors (Lipinski definition) is 0. The van der Waals surface area contributed by atoms with Gasteiger partial charge in [-0.15, -0.1) is 0 Å². The molecule has 1 aromatic carbocycles. The maximum absolute atomic E-state index is 12.5. The van der Waals surface area contributed by atoms with Crippen molar-refractivity contribution in [3.63, 3.8) is 0 Å². The second-order valence-electron chi connectivity index (χ2n) is 5.90. The van der Waals surface area contributed by atoms with Gasteiger partial charge in [-0.3, -0.25) is 9.10 Å². The molecule has 0 spiro atoms. The number of benzene rings is 1. The average molecular weight is 324 g/mol. The van der Waals surface area contributed by atoms with Crippen LogP contribution in [0.1, 0.15) is 32.1 Å². The Morgan fingerprint density at radius 1 is 1.14 bits per heavy atom. The number of carbonyl (C=O) groups is 1. The second-order valence-corrected chi connectivity index (χ2v) is 7.81. The third-order valence-corrected chi connectivity index (χ3v) is 5.38. The van der Waals surface area contributed by atoms with Gasteiger partial charge in [0.1, 0.15) is 6.54 Å². The number of rotatable bonds is 5. The molecule has 0 atom stereocenters. The van der Waals surface area contributed by atoms with Crippen LogP contribution < -0.4 is 4.31 Å². The average Bonchev–Trinajstić information content (AvgIpc) is 2.52. The summed E-state index contributed by atoms with van der Waals surface area (Å²) in [7, 11) is -1.71. The summed E-state index contributed by atoms with van der Waals surface area (Å²) in [5.41, 5.74) is 0.524. The Hall–Kier alpha value is -1.56. The van der Waals surface area contributed by atoms with Crippen molar-refractivity contribution >= 4 is 21.6 Å². The van der Waals surface area contributed by atoms with Gasteiger partial charge in [-0.2, -0.15) is 0 Å². The SMILES string of the molecule is CN(C(=O)CN(c1ccccc1)S(C)(=O)=O)C1CCCCC1. The first-order chi connectivity index (χ1) is 10.4. The summed E-state index contributed by atoms with van der Waals surface area (Å²) in [5, 5.41) is 0. The third kappa shape index (κ3) is 4.22. The molecule has 0 radical (unpaired) electrons. The van der Waals surface area contributed by atoms with Crippen LogP contribution in [0, 0.1) is 0 Å². The molecule has 6 heteroatoms. The Balaban J connectivity index is 2.12. The van der Waals surface area contributed by atoms with Gasteiger partial charge in [0.2, 0.25) is 15.9 Å². The Labute approximate surface area is 133 Å². The molecule has 122 valence electrons. The van der Waals surface area contributed by atoms with E-state index in [0.717, 1.165) is 31.9 Å². The van der Waals surface area contributed by atoms with E-state index in [0.29, 0.717) is 5.69 Å². The van der Waals surface area contributed by atoms with Gasteiger partial charge in [0.05, 0.1) is 11.9 Å². The molecule has 1 amide bonds. The lowest BCUT2D eigenvalue weighted by molar-refractivity contribution is -0.130. The van der Waals surface area contributed by atoms with Gasteiger partial charge in [0, 0.05) is 13.1 Å². The summed E-state index contributed by atoms with van der Waals surface area (Å²) in [4.78, 5) is 14.2. The molecule has 0 aliphatic heterocycles. The Kier molecular flexibility index (Phi) is 5.45. The van der Waals surface area contributed by atoms with Crippen LogP contribution in [0.2, 0.25) is 0 Å². The summed E-state index contributed by atoms with van der Waals surface area (Å²) >= 11 is 0. The summed E-state index contributed by atoms with van der Waals surface area (Å²) in [6.07, 6.45) is 6.64. The fraction of sp³-hybridized carbons (Fsp3) is 0.562. The van der Waals surface area contributed by atoms with Crippen LogP contribution in [-0.2, 0) is 14.8 Å². The lowest BCUT2D eigenvalue weighted by Gasteiger charge is -2.33. The molecule has 0 unspecified atom stereocenters. The van der Waals surface area contributed by atoms with Gasteiger partial charge < -0.3 is 4.90 Å². The van der Waals surface area contributed by atoms with Crippen LogP contribution in [0.5, 0.6) is 0 Å². The van der Waals surface area contributed by atoms with Crippen molar-refractivity contribution in [1.82, 2.24) is 4.90 Å².